The topological polar surface area (TPSA) is 81.7 Å². The predicted molar refractivity (Wildman–Crippen MR) is 65.9 cm³/mol. The third-order valence-corrected chi connectivity index (χ3v) is 2.23. The highest BCUT2D eigenvalue weighted by Gasteiger charge is 2.17. The molecule has 3 N–H and O–H groups in total. The van der Waals surface area contributed by atoms with Crippen LogP contribution in [0.3, 0.4) is 0 Å². The number of carbonyl (C=O) groups is 2. The third-order valence-electron chi connectivity index (χ3n) is 2.23. The van der Waals surface area contributed by atoms with Crippen molar-refractivity contribution >= 4 is 11.9 Å². The van der Waals surface area contributed by atoms with Crippen molar-refractivity contribution in [2.45, 2.75) is 25.8 Å². The van der Waals surface area contributed by atoms with Gasteiger partial charge in [-0.15, -0.1) is 0 Å². The molecule has 17 heavy (non-hydrogen) atoms. The Morgan fingerprint density at radius 2 is 1.94 bits per heavy atom. The van der Waals surface area contributed by atoms with Crippen LogP contribution >= 0.6 is 0 Å². The molecule has 6 nitrogen and oxygen atoms in total. The number of carboxylic acid groups (broad SMARTS) is 1. The molecule has 0 aliphatic heterocycles. The number of amides is 1. The summed E-state index contributed by atoms with van der Waals surface area (Å²) in [5, 5.41) is 14.2. The van der Waals surface area contributed by atoms with Crippen LogP contribution in [0.4, 0.5) is 0 Å². The second-order valence-electron chi connectivity index (χ2n) is 4.31. The fourth-order valence-corrected chi connectivity index (χ4v) is 1.37. The Morgan fingerprint density at radius 1 is 1.29 bits per heavy atom. The van der Waals surface area contributed by atoms with Crippen molar-refractivity contribution < 1.29 is 14.7 Å². The van der Waals surface area contributed by atoms with Gasteiger partial charge in [-0.25, -0.2) is 4.79 Å². The van der Waals surface area contributed by atoms with Crippen LogP contribution in [0.15, 0.2) is 0 Å². The lowest BCUT2D eigenvalue weighted by Crippen LogP contribution is -2.46. The summed E-state index contributed by atoms with van der Waals surface area (Å²) in [5.41, 5.74) is 0. The van der Waals surface area contributed by atoms with Crippen molar-refractivity contribution in [1.82, 2.24) is 15.5 Å². The number of nitrogens with zero attached hydrogens (tertiary/aromatic N) is 1. The van der Waals surface area contributed by atoms with Crippen molar-refractivity contribution in [3.05, 3.63) is 0 Å². The molecule has 100 valence electrons. The normalized spacial score (nSPS) is 12.5. The second-order valence-corrected chi connectivity index (χ2v) is 4.31. The summed E-state index contributed by atoms with van der Waals surface area (Å²) in [6.07, 6.45) is 2.06. The number of hydrogen-bond acceptors (Lipinski definition) is 4. The average molecular weight is 245 g/mol. The molecule has 0 spiro atoms. The van der Waals surface area contributed by atoms with Gasteiger partial charge in [-0.2, -0.15) is 0 Å². The number of carbonyl (C=O) groups excluding carboxylic acids is 1. The van der Waals surface area contributed by atoms with Crippen LogP contribution in [-0.2, 0) is 9.59 Å². The summed E-state index contributed by atoms with van der Waals surface area (Å²) in [7, 11) is 4.04. The molecule has 1 unspecified atom stereocenters. The summed E-state index contributed by atoms with van der Waals surface area (Å²) < 4.78 is 0. The minimum absolute atomic E-state index is 0.261. The summed E-state index contributed by atoms with van der Waals surface area (Å²) >= 11 is 0. The first-order chi connectivity index (χ1) is 7.93. The molecule has 1 amide bonds. The quantitative estimate of drug-likeness (QED) is 0.477. The largest absolute Gasteiger partial charge is 0.480 e. The molecular formula is C11H23N3O3. The summed E-state index contributed by atoms with van der Waals surface area (Å²) in [6.45, 7) is 3.36. The molecule has 0 saturated carbocycles. The highest BCUT2D eigenvalue weighted by atomic mass is 16.4. The zero-order chi connectivity index (χ0) is 13.3. The lowest BCUT2D eigenvalue weighted by Gasteiger charge is -2.14. The molecule has 0 bridgehead atoms. The number of aliphatic carboxylic acids is 1. The van der Waals surface area contributed by atoms with Gasteiger partial charge in [0.15, 0.2) is 0 Å². The van der Waals surface area contributed by atoms with Crippen LogP contribution in [0.5, 0.6) is 0 Å². The molecular weight excluding hydrogens is 222 g/mol. The minimum atomic E-state index is -1.01. The van der Waals surface area contributed by atoms with Crippen LogP contribution in [0.25, 0.3) is 0 Å². The first-order valence-electron chi connectivity index (χ1n) is 5.79. The standard InChI is InChI=1S/C11H23N3O3/c1-9(15)13-10(11(16)17)8-12-6-4-5-7-14(2)3/h10,12H,4-8H2,1-3H3,(H,13,15)(H,16,17). The lowest BCUT2D eigenvalue weighted by atomic mass is 10.2. The predicted octanol–water partition coefficient (Wildman–Crippen LogP) is -0.493. The minimum Gasteiger partial charge on any atom is -0.480 e. The number of carboxylic acids is 1. The van der Waals surface area contributed by atoms with Gasteiger partial charge < -0.3 is 20.6 Å². The van der Waals surface area contributed by atoms with Crippen LogP contribution in [0.2, 0.25) is 0 Å². The second kappa shape index (κ2) is 8.95. The Labute approximate surface area is 102 Å². The van der Waals surface area contributed by atoms with E-state index >= 15 is 0 Å². The molecule has 0 aliphatic rings. The molecule has 6 heteroatoms. The third kappa shape index (κ3) is 9.77. The number of hydrogen-bond donors (Lipinski definition) is 3. The van der Waals surface area contributed by atoms with Gasteiger partial charge in [0.05, 0.1) is 0 Å². The fourth-order valence-electron chi connectivity index (χ4n) is 1.37. The van der Waals surface area contributed by atoms with E-state index < -0.39 is 12.0 Å². The molecule has 0 saturated heterocycles. The van der Waals surface area contributed by atoms with Gasteiger partial charge in [0.2, 0.25) is 5.91 Å². The Kier molecular flexibility index (Phi) is 8.35. The van der Waals surface area contributed by atoms with E-state index in [-0.39, 0.29) is 12.5 Å². The van der Waals surface area contributed by atoms with E-state index in [1.807, 2.05) is 14.1 Å². The average Bonchev–Trinajstić information content (AvgIpc) is 2.20. The molecule has 0 aromatic rings. The maximum absolute atomic E-state index is 10.8. The number of nitrogens with one attached hydrogen (secondary N) is 2. The van der Waals surface area contributed by atoms with Gasteiger partial charge in [0, 0.05) is 13.5 Å². The summed E-state index contributed by atoms with van der Waals surface area (Å²) in [6, 6.07) is -0.846. The molecule has 0 radical (unpaired) electrons. The maximum atomic E-state index is 10.8. The first-order valence-corrected chi connectivity index (χ1v) is 5.79. The molecule has 0 aromatic carbocycles. The van der Waals surface area contributed by atoms with Crippen LogP contribution in [-0.4, -0.2) is 61.7 Å². The SMILES string of the molecule is CC(=O)NC(CNCCCCN(C)C)C(=O)O. The zero-order valence-electron chi connectivity index (χ0n) is 10.8. The van der Waals surface area contributed by atoms with Crippen molar-refractivity contribution in [3.63, 3.8) is 0 Å². The molecule has 0 rings (SSSR count). The maximum Gasteiger partial charge on any atom is 0.327 e. The lowest BCUT2D eigenvalue weighted by molar-refractivity contribution is -0.141. The summed E-state index contributed by atoms with van der Waals surface area (Å²) in [5.74, 6) is -1.34. The van der Waals surface area contributed by atoms with E-state index in [0.29, 0.717) is 0 Å². The molecule has 1 atom stereocenters. The Hall–Kier alpha value is -1.14. The molecule has 0 aromatic heterocycles. The fraction of sp³-hybridized carbons (Fsp3) is 0.818. The van der Waals surface area contributed by atoms with E-state index in [9.17, 15) is 9.59 Å². The van der Waals surface area contributed by atoms with Gasteiger partial charge in [0.1, 0.15) is 6.04 Å². The van der Waals surface area contributed by atoms with Gasteiger partial charge in [-0.05, 0) is 40.0 Å². The molecule has 0 heterocycles. The first kappa shape index (κ1) is 15.9. The van der Waals surface area contributed by atoms with Gasteiger partial charge >= 0.3 is 5.97 Å². The highest BCUT2D eigenvalue weighted by molar-refractivity contribution is 5.82. The Morgan fingerprint density at radius 3 is 2.41 bits per heavy atom. The van der Waals surface area contributed by atoms with Crippen LogP contribution in [0, 0.1) is 0 Å². The summed E-state index contributed by atoms with van der Waals surface area (Å²) in [4.78, 5) is 23.7. The Bertz CT molecular complexity index is 244. The number of unbranched alkanes of at least 4 members (excludes halogenated alkanes) is 1. The van der Waals surface area contributed by atoms with Crippen LogP contribution < -0.4 is 10.6 Å². The Balaban J connectivity index is 3.61. The van der Waals surface area contributed by atoms with E-state index in [4.69, 9.17) is 5.11 Å². The van der Waals surface area contributed by atoms with E-state index in [1.54, 1.807) is 0 Å². The van der Waals surface area contributed by atoms with Gasteiger partial charge in [0.25, 0.3) is 0 Å². The van der Waals surface area contributed by atoms with E-state index in [1.165, 1.54) is 6.92 Å². The smallest absolute Gasteiger partial charge is 0.327 e. The monoisotopic (exact) mass is 245 g/mol. The van der Waals surface area contributed by atoms with Gasteiger partial charge in [-0.3, -0.25) is 4.79 Å². The van der Waals surface area contributed by atoms with Gasteiger partial charge in [-0.1, -0.05) is 0 Å². The zero-order valence-corrected chi connectivity index (χ0v) is 10.8. The highest BCUT2D eigenvalue weighted by Crippen LogP contribution is 1.89. The van der Waals surface area contributed by atoms with Crippen LogP contribution in [0.1, 0.15) is 19.8 Å². The van der Waals surface area contributed by atoms with Crippen molar-refractivity contribution in [3.8, 4) is 0 Å². The van der Waals surface area contributed by atoms with Crippen molar-refractivity contribution in [2.24, 2.45) is 0 Å². The number of rotatable bonds is 9. The van der Waals surface area contributed by atoms with Crippen molar-refractivity contribution in [1.29, 1.82) is 0 Å². The van der Waals surface area contributed by atoms with E-state index in [2.05, 4.69) is 15.5 Å². The molecule has 0 fully saturated rings. The molecule has 0 aliphatic carbocycles. The van der Waals surface area contributed by atoms with E-state index in [0.717, 1.165) is 25.9 Å². The van der Waals surface area contributed by atoms with Crippen molar-refractivity contribution in [2.75, 3.05) is 33.7 Å².